The van der Waals surface area contributed by atoms with Crippen LogP contribution in [-0.4, -0.2) is 37.2 Å². The van der Waals surface area contributed by atoms with E-state index in [0.717, 1.165) is 96.3 Å². The number of esters is 3. The molecule has 1 atom stereocenters. The van der Waals surface area contributed by atoms with Crippen LogP contribution in [0.2, 0.25) is 0 Å². The third kappa shape index (κ3) is 48.1. The van der Waals surface area contributed by atoms with Gasteiger partial charge in [0.2, 0.25) is 0 Å². The lowest BCUT2D eigenvalue weighted by Crippen LogP contribution is -2.30. The first-order valence-electron chi connectivity index (χ1n) is 26.3. The maximum Gasteiger partial charge on any atom is 0.306 e. The fourth-order valence-corrected chi connectivity index (χ4v) is 7.35. The van der Waals surface area contributed by atoms with Crippen LogP contribution in [0.25, 0.3) is 0 Å². The number of unbranched alkanes of at least 4 members (excludes halogenated alkanes) is 26. The van der Waals surface area contributed by atoms with E-state index >= 15 is 0 Å². The molecular weight excluding hydrogens is 769 g/mol. The molecule has 0 aliphatic carbocycles. The summed E-state index contributed by atoms with van der Waals surface area (Å²) in [7, 11) is 0. The van der Waals surface area contributed by atoms with Crippen LogP contribution in [-0.2, 0) is 28.6 Å². The Balaban J connectivity index is 4.33. The van der Waals surface area contributed by atoms with Crippen LogP contribution in [0.3, 0.4) is 0 Å². The minimum atomic E-state index is -0.782. The summed E-state index contributed by atoms with van der Waals surface area (Å²) in [6.07, 6.45) is 62.1. The fourth-order valence-electron chi connectivity index (χ4n) is 7.35. The van der Waals surface area contributed by atoms with Crippen molar-refractivity contribution in [1.82, 2.24) is 0 Å². The second-order valence-electron chi connectivity index (χ2n) is 17.4. The first-order chi connectivity index (χ1) is 30.5. The average Bonchev–Trinajstić information content (AvgIpc) is 3.27. The first kappa shape index (κ1) is 59.1. The van der Waals surface area contributed by atoms with E-state index in [1.807, 2.05) is 0 Å². The highest BCUT2D eigenvalue weighted by atomic mass is 16.6. The molecule has 0 aliphatic heterocycles. The average molecular weight is 867 g/mol. The van der Waals surface area contributed by atoms with Gasteiger partial charge in [0.25, 0.3) is 0 Å². The van der Waals surface area contributed by atoms with Crippen LogP contribution >= 0.6 is 0 Å². The van der Waals surface area contributed by atoms with Gasteiger partial charge in [-0.1, -0.05) is 236 Å². The number of hydrogen-bond donors (Lipinski definition) is 0. The lowest BCUT2D eigenvalue weighted by atomic mass is 10.0. The van der Waals surface area contributed by atoms with Crippen molar-refractivity contribution in [1.29, 1.82) is 0 Å². The molecule has 6 nitrogen and oxygen atoms in total. The van der Waals surface area contributed by atoms with Crippen LogP contribution in [0.5, 0.6) is 0 Å². The highest BCUT2D eigenvalue weighted by Gasteiger charge is 2.19. The Labute approximate surface area is 383 Å². The Morgan fingerprint density at radius 3 is 0.984 bits per heavy atom. The molecule has 0 saturated carbocycles. The Morgan fingerprint density at radius 1 is 0.339 bits per heavy atom. The molecule has 0 rings (SSSR count). The van der Waals surface area contributed by atoms with Crippen molar-refractivity contribution in [3.63, 3.8) is 0 Å². The van der Waals surface area contributed by atoms with Gasteiger partial charge in [-0.3, -0.25) is 14.4 Å². The summed E-state index contributed by atoms with van der Waals surface area (Å²) in [4.78, 5) is 37.9. The molecule has 0 aromatic rings. The first-order valence-corrected chi connectivity index (χ1v) is 26.3. The van der Waals surface area contributed by atoms with Crippen molar-refractivity contribution >= 4 is 17.9 Å². The summed E-state index contributed by atoms with van der Waals surface area (Å²) in [5.74, 6) is -0.912. The van der Waals surface area contributed by atoms with E-state index in [1.165, 1.54) is 122 Å². The number of allylic oxidation sites excluding steroid dienone is 10. The Morgan fingerprint density at radius 2 is 0.629 bits per heavy atom. The Kier molecular flexibility index (Phi) is 48.4. The maximum absolute atomic E-state index is 12.8. The maximum atomic E-state index is 12.8. The number of carbonyl (C=O) groups is 3. The van der Waals surface area contributed by atoms with Gasteiger partial charge in [0.1, 0.15) is 13.2 Å². The second kappa shape index (κ2) is 50.8. The Bertz CT molecular complexity index is 1130. The van der Waals surface area contributed by atoms with Gasteiger partial charge in [-0.25, -0.2) is 0 Å². The molecule has 6 heteroatoms. The molecule has 0 amide bonds. The summed E-state index contributed by atoms with van der Waals surface area (Å²) >= 11 is 0. The summed E-state index contributed by atoms with van der Waals surface area (Å²) in [6.45, 7) is 6.48. The SMILES string of the molecule is CC/C=C\C/C=C\C/C=C\C/C=C\C/C=C\CCCCCC(=O)OCC(COC(=O)CCCCCCCCCC)OC(=O)CCCCCCCCCCCCCCCCCCC. The molecule has 0 heterocycles. The van der Waals surface area contributed by atoms with Crippen molar-refractivity contribution in [3.8, 4) is 0 Å². The molecule has 0 N–H and O–H groups in total. The van der Waals surface area contributed by atoms with E-state index in [-0.39, 0.29) is 31.1 Å². The van der Waals surface area contributed by atoms with Gasteiger partial charge in [-0.05, 0) is 64.2 Å². The highest BCUT2D eigenvalue weighted by molar-refractivity contribution is 5.71. The van der Waals surface area contributed by atoms with E-state index < -0.39 is 6.10 Å². The smallest absolute Gasteiger partial charge is 0.306 e. The van der Waals surface area contributed by atoms with Crippen LogP contribution in [0.4, 0.5) is 0 Å². The zero-order valence-electron chi connectivity index (χ0n) is 40.9. The quantitative estimate of drug-likeness (QED) is 0.0262. The predicted molar refractivity (Wildman–Crippen MR) is 265 cm³/mol. The summed E-state index contributed by atoms with van der Waals surface area (Å²) < 4.78 is 16.7. The molecule has 358 valence electrons. The molecule has 0 aliphatic rings. The van der Waals surface area contributed by atoms with Gasteiger partial charge >= 0.3 is 17.9 Å². The zero-order valence-corrected chi connectivity index (χ0v) is 40.9. The third-order valence-electron chi connectivity index (χ3n) is 11.3. The number of rotatable bonds is 47. The molecular formula is C56H98O6. The van der Waals surface area contributed by atoms with Gasteiger partial charge in [-0.15, -0.1) is 0 Å². The van der Waals surface area contributed by atoms with Gasteiger partial charge in [0.15, 0.2) is 6.10 Å². The van der Waals surface area contributed by atoms with Crippen LogP contribution in [0.15, 0.2) is 60.8 Å². The van der Waals surface area contributed by atoms with Crippen molar-refractivity contribution in [2.45, 2.75) is 264 Å². The van der Waals surface area contributed by atoms with E-state index in [0.29, 0.717) is 19.3 Å². The molecule has 0 fully saturated rings. The molecule has 0 bridgehead atoms. The number of carbonyl (C=O) groups excluding carboxylic acids is 3. The lowest BCUT2D eigenvalue weighted by molar-refractivity contribution is -0.167. The zero-order chi connectivity index (χ0) is 45.1. The largest absolute Gasteiger partial charge is 0.462 e. The van der Waals surface area contributed by atoms with Crippen molar-refractivity contribution in [3.05, 3.63) is 60.8 Å². The summed E-state index contributed by atoms with van der Waals surface area (Å²) in [5, 5.41) is 0. The highest BCUT2D eigenvalue weighted by Crippen LogP contribution is 2.16. The predicted octanol–water partition coefficient (Wildman–Crippen LogP) is 17.3. The van der Waals surface area contributed by atoms with Crippen molar-refractivity contribution in [2.75, 3.05) is 13.2 Å². The van der Waals surface area contributed by atoms with Gasteiger partial charge in [0.05, 0.1) is 0 Å². The van der Waals surface area contributed by atoms with E-state index in [2.05, 4.69) is 81.5 Å². The van der Waals surface area contributed by atoms with Gasteiger partial charge < -0.3 is 14.2 Å². The van der Waals surface area contributed by atoms with Crippen molar-refractivity contribution in [2.24, 2.45) is 0 Å². The van der Waals surface area contributed by atoms with E-state index in [9.17, 15) is 14.4 Å². The van der Waals surface area contributed by atoms with Crippen LogP contribution in [0.1, 0.15) is 258 Å². The third-order valence-corrected chi connectivity index (χ3v) is 11.3. The molecule has 62 heavy (non-hydrogen) atoms. The van der Waals surface area contributed by atoms with E-state index in [4.69, 9.17) is 14.2 Å². The fraction of sp³-hybridized carbons (Fsp3) is 0.768. The summed E-state index contributed by atoms with van der Waals surface area (Å²) in [6, 6.07) is 0. The molecule has 0 aromatic heterocycles. The van der Waals surface area contributed by atoms with Crippen LogP contribution in [0, 0.1) is 0 Å². The van der Waals surface area contributed by atoms with Crippen molar-refractivity contribution < 1.29 is 28.6 Å². The van der Waals surface area contributed by atoms with Crippen LogP contribution < -0.4 is 0 Å². The monoisotopic (exact) mass is 867 g/mol. The molecule has 0 spiro atoms. The lowest BCUT2D eigenvalue weighted by Gasteiger charge is -2.18. The molecule has 0 aromatic carbocycles. The number of ether oxygens (including phenoxy) is 3. The number of hydrogen-bond acceptors (Lipinski definition) is 6. The van der Waals surface area contributed by atoms with Gasteiger partial charge in [0, 0.05) is 19.3 Å². The van der Waals surface area contributed by atoms with E-state index in [1.54, 1.807) is 0 Å². The topological polar surface area (TPSA) is 78.9 Å². The standard InChI is InChI=1S/C56H98O6/c1-4-7-10-13-16-19-21-23-25-27-28-30-31-33-35-37-40-43-46-49-55(58)61-52-53(51-60-54(57)48-45-42-39-18-15-12-9-6-3)62-56(59)50-47-44-41-38-36-34-32-29-26-24-22-20-17-14-11-8-5-2/h7,10,16,19,23,25,28,30,33,35,53H,4-6,8-9,11-15,17-18,20-22,24,26-27,29,31-32,34,36-52H2,1-3H3/b10-7-,19-16-,25-23-,30-28-,35-33-. The Hall–Kier alpha value is -2.89. The minimum absolute atomic E-state index is 0.0822. The minimum Gasteiger partial charge on any atom is -0.462 e. The normalized spacial score (nSPS) is 12.5. The van der Waals surface area contributed by atoms with Gasteiger partial charge in [-0.2, -0.15) is 0 Å². The molecule has 0 radical (unpaired) electrons. The second-order valence-corrected chi connectivity index (χ2v) is 17.4. The molecule has 1 unspecified atom stereocenters. The molecule has 0 saturated heterocycles. The summed E-state index contributed by atoms with van der Waals surface area (Å²) in [5.41, 5.74) is 0.